The fourth-order valence-electron chi connectivity index (χ4n) is 3.29. The zero-order chi connectivity index (χ0) is 21.0. The van der Waals surface area contributed by atoms with E-state index in [1.807, 2.05) is 4.90 Å². The van der Waals surface area contributed by atoms with Crippen LogP contribution in [0, 0.1) is 6.92 Å². The first-order chi connectivity index (χ1) is 13.8. The van der Waals surface area contributed by atoms with Gasteiger partial charge in [0.25, 0.3) is 5.91 Å². The van der Waals surface area contributed by atoms with E-state index >= 15 is 0 Å². The van der Waals surface area contributed by atoms with Crippen LogP contribution in [0.1, 0.15) is 41.3 Å². The summed E-state index contributed by atoms with van der Waals surface area (Å²) in [7, 11) is -3.76. The summed E-state index contributed by atoms with van der Waals surface area (Å²) in [6.07, 6.45) is 2.07. The number of amides is 2. The van der Waals surface area contributed by atoms with Gasteiger partial charge in [-0.25, -0.2) is 13.1 Å². The molecule has 2 amide bonds. The molecule has 1 aliphatic rings. The number of carbonyl (C=O) groups is 2. The molecule has 154 valence electrons. The van der Waals surface area contributed by atoms with Crippen LogP contribution < -0.4 is 10.0 Å². The van der Waals surface area contributed by atoms with Gasteiger partial charge in [-0.05, 0) is 55.2 Å². The summed E-state index contributed by atoms with van der Waals surface area (Å²) in [5, 5.41) is 2.59. The van der Waals surface area contributed by atoms with E-state index in [2.05, 4.69) is 10.0 Å². The van der Waals surface area contributed by atoms with Crippen molar-refractivity contribution in [1.82, 2.24) is 9.62 Å². The van der Waals surface area contributed by atoms with Crippen molar-refractivity contribution in [3.8, 4) is 0 Å². The highest BCUT2D eigenvalue weighted by atomic mass is 32.2. The van der Waals surface area contributed by atoms with Crippen molar-refractivity contribution in [3.63, 3.8) is 0 Å². The number of aryl methyl sites for hydroxylation is 1. The van der Waals surface area contributed by atoms with Crippen molar-refractivity contribution in [2.45, 2.75) is 38.1 Å². The van der Waals surface area contributed by atoms with Gasteiger partial charge in [0.05, 0.1) is 4.90 Å². The molecule has 2 aromatic carbocycles. The lowest BCUT2D eigenvalue weighted by Gasteiger charge is -2.15. The van der Waals surface area contributed by atoms with Gasteiger partial charge >= 0.3 is 0 Å². The predicted molar refractivity (Wildman–Crippen MR) is 111 cm³/mol. The quantitative estimate of drug-likeness (QED) is 0.758. The van der Waals surface area contributed by atoms with Crippen molar-refractivity contribution >= 4 is 27.5 Å². The number of sulfonamides is 1. The first kappa shape index (κ1) is 21.0. The number of hydrogen-bond acceptors (Lipinski definition) is 4. The summed E-state index contributed by atoms with van der Waals surface area (Å²) in [5.74, 6) is -0.256. The molecular weight excluding hydrogens is 390 g/mol. The number of likely N-dealkylation sites (tertiary alicyclic amines) is 1. The summed E-state index contributed by atoms with van der Waals surface area (Å²) in [6.45, 7) is 4.74. The molecule has 3 rings (SSSR count). The van der Waals surface area contributed by atoms with Crippen molar-refractivity contribution in [3.05, 3.63) is 59.2 Å². The summed E-state index contributed by atoms with van der Waals surface area (Å²) in [6, 6.07) is 11.7. The SMILES string of the molecule is CC(=O)Nc1ccc(C)c(S(=O)(=O)NCc2ccc(C(=O)N3CCCC3)cc2)c1. The zero-order valence-electron chi connectivity index (χ0n) is 16.6. The van der Waals surface area contributed by atoms with E-state index in [0.717, 1.165) is 31.5 Å². The molecule has 1 aliphatic heterocycles. The molecule has 0 radical (unpaired) electrons. The van der Waals surface area contributed by atoms with Gasteiger partial charge in [0.15, 0.2) is 0 Å². The number of hydrogen-bond donors (Lipinski definition) is 2. The van der Waals surface area contributed by atoms with Crippen molar-refractivity contribution in [2.24, 2.45) is 0 Å². The van der Waals surface area contributed by atoms with E-state index in [9.17, 15) is 18.0 Å². The Kier molecular flexibility index (Phi) is 6.34. The smallest absolute Gasteiger partial charge is 0.253 e. The number of rotatable bonds is 6. The van der Waals surface area contributed by atoms with E-state index in [1.165, 1.54) is 13.0 Å². The molecule has 0 saturated carbocycles. The molecule has 0 unspecified atom stereocenters. The summed E-state index contributed by atoms with van der Waals surface area (Å²) in [5.41, 5.74) is 2.37. The fourth-order valence-corrected chi connectivity index (χ4v) is 4.58. The van der Waals surface area contributed by atoms with E-state index in [-0.39, 0.29) is 23.3 Å². The predicted octanol–water partition coefficient (Wildman–Crippen LogP) is 2.67. The van der Waals surface area contributed by atoms with E-state index in [0.29, 0.717) is 16.8 Å². The van der Waals surface area contributed by atoms with Crippen LogP contribution in [0.5, 0.6) is 0 Å². The number of benzene rings is 2. The first-order valence-corrected chi connectivity index (χ1v) is 11.0. The van der Waals surface area contributed by atoms with Crippen molar-refractivity contribution in [1.29, 1.82) is 0 Å². The van der Waals surface area contributed by atoms with E-state index in [4.69, 9.17) is 0 Å². The standard InChI is InChI=1S/C21H25N3O4S/c1-15-5-10-19(23-16(2)25)13-20(15)29(27,28)22-14-17-6-8-18(9-7-17)21(26)24-11-3-4-12-24/h5-10,13,22H,3-4,11-12,14H2,1-2H3,(H,23,25). The van der Waals surface area contributed by atoms with Gasteiger partial charge in [0.1, 0.15) is 0 Å². The molecule has 0 spiro atoms. The topological polar surface area (TPSA) is 95.6 Å². The molecule has 0 aliphatic carbocycles. The number of nitrogens with one attached hydrogen (secondary N) is 2. The number of carbonyl (C=O) groups excluding carboxylic acids is 2. The van der Waals surface area contributed by atoms with Crippen molar-refractivity contribution < 1.29 is 18.0 Å². The number of anilines is 1. The van der Waals surface area contributed by atoms with Crippen LogP contribution in [0.15, 0.2) is 47.4 Å². The second-order valence-electron chi connectivity index (χ2n) is 7.18. The molecule has 8 heteroatoms. The Labute approximate surface area is 171 Å². The third kappa shape index (κ3) is 5.21. The highest BCUT2D eigenvalue weighted by molar-refractivity contribution is 7.89. The minimum atomic E-state index is -3.76. The lowest BCUT2D eigenvalue weighted by Crippen LogP contribution is -2.27. The van der Waals surface area contributed by atoms with Crippen molar-refractivity contribution in [2.75, 3.05) is 18.4 Å². The molecule has 0 bridgehead atoms. The van der Waals surface area contributed by atoms with Crippen LogP contribution in [0.3, 0.4) is 0 Å². The van der Waals surface area contributed by atoms with E-state index < -0.39 is 10.0 Å². The Morgan fingerprint density at radius 2 is 1.69 bits per heavy atom. The minimum absolute atomic E-state index is 0.0139. The number of nitrogens with zero attached hydrogens (tertiary/aromatic N) is 1. The molecule has 29 heavy (non-hydrogen) atoms. The summed E-state index contributed by atoms with van der Waals surface area (Å²) < 4.78 is 28.0. The molecule has 1 fully saturated rings. The Hall–Kier alpha value is -2.71. The van der Waals surface area contributed by atoms with Crippen LogP contribution in [0.25, 0.3) is 0 Å². The molecule has 2 N–H and O–H groups in total. The first-order valence-electron chi connectivity index (χ1n) is 9.52. The normalized spacial score (nSPS) is 14.1. The van der Waals surface area contributed by atoms with E-state index in [1.54, 1.807) is 43.3 Å². The third-order valence-corrected chi connectivity index (χ3v) is 6.40. The van der Waals surface area contributed by atoms with Gasteiger partial charge in [0.2, 0.25) is 15.9 Å². The highest BCUT2D eigenvalue weighted by Gasteiger charge is 2.20. The average Bonchev–Trinajstić information content (AvgIpc) is 3.22. The molecular formula is C21H25N3O4S. The molecule has 0 atom stereocenters. The van der Waals surface area contributed by atoms with Gasteiger partial charge in [-0.15, -0.1) is 0 Å². The maximum absolute atomic E-state index is 12.7. The summed E-state index contributed by atoms with van der Waals surface area (Å²) in [4.78, 5) is 25.6. The molecule has 0 aromatic heterocycles. The average molecular weight is 416 g/mol. The van der Waals surface area contributed by atoms with Gasteiger partial charge in [-0.1, -0.05) is 18.2 Å². The second-order valence-corrected chi connectivity index (χ2v) is 8.92. The van der Waals surface area contributed by atoms with Crippen LogP contribution in [0.4, 0.5) is 5.69 Å². The lowest BCUT2D eigenvalue weighted by atomic mass is 10.1. The Balaban J connectivity index is 1.68. The Morgan fingerprint density at radius 3 is 2.31 bits per heavy atom. The Morgan fingerprint density at radius 1 is 1.03 bits per heavy atom. The van der Waals surface area contributed by atoms with Crippen LogP contribution >= 0.6 is 0 Å². The molecule has 7 nitrogen and oxygen atoms in total. The van der Waals surface area contributed by atoms with Crippen LogP contribution in [-0.4, -0.2) is 38.2 Å². The van der Waals surface area contributed by atoms with Gasteiger partial charge in [-0.2, -0.15) is 0 Å². The largest absolute Gasteiger partial charge is 0.339 e. The summed E-state index contributed by atoms with van der Waals surface area (Å²) >= 11 is 0. The molecule has 2 aromatic rings. The maximum atomic E-state index is 12.7. The lowest BCUT2D eigenvalue weighted by molar-refractivity contribution is -0.114. The van der Waals surface area contributed by atoms with Crippen LogP contribution in [0.2, 0.25) is 0 Å². The van der Waals surface area contributed by atoms with Gasteiger partial charge in [-0.3, -0.25) is 9.59 Å². The molecule has 1 saturated heterocycles. The second kappa shape index (κ2) is 8.75. The highest BCUT2D eigenvalue weighted by Crippen LogP contribution is 2.21. The minimum Gasteiger partial charge on any atom is -0.339 e. The monoisotopic (exact) mass is 415 g/mol. The van der Waals surface area contributed by atoms with Crippen LogP contribution in [-0.2, 0) is 21.4 Å². The maximum Gasteiger partial charge on any atom is 0.253 e. The Bertz CT molecular complexity index is 1010. The molecule has 1 heterocycles. The van der Waals surface area contributed by atoms with Gasteiger partial charge in [0, 0.05) is 37.8 Å². The zero-order valence-corrected chi connectivity index (χ0v) is 17.4. The van der Waals surface area contributed by atoms with Gasteiger partial charge < -0.3 is 10.2 Å². The fraction of sp³-hybridized carbons (Fsp3) is 0.333. The third-order valence-electron chi connectivity index (χ3n) is 4.86.